The molecule has 3 heterocycles. The van der Waals surface area contributed by atoms with Crippen LogP contribution in [0, 0.1) is 0 Å². The maximum atomic E-state index is 2.30. The summed E-state index contributed by atoms with van der Waals surface area (Å²) in [6.07, 6.45) is 15.6. The minimum atomic E-state index is 0.935. The second-order valence-electron chi connectivity index (χ2n) is 6.12. The molecular weight excluding hydrogens is 272 g/mol. The predicted molar refractivity (Wildman–Crippen MR) is 83.1 cm³/mol. The molecule has 112 valence electrons. The van der Waals surface area contributed by atoms with Gasteiger partial charge in [0.05, 0.1) is 13.1 Å². The van der Waals surface area contributed by atoms with Gasteiger partial charge < -0.3 is 0 Å². The Morgan fingerprint density at radius 1 is 0.727 bits per heavy atom. The Kier molecular flexibility index (Phi) is 3.51. The van der Waals surface area contributed by atoms with E-state index in [9.17, 15) is 0 Å². The lowest BCUT2D eigenvalue weighted by atomic mass is 10.1. The van der Waals surface area contributed by atoms with E-state index in [0.717, 1.165) is 26.2 Å². The lowest BCUT2D eigenvalue weighted by molar-refractivity contribution is -0.693. The fourth-order valence-electron chi connectivity index (χ4n) is 3.18. The van der Waals surface area contributed by atoms with Crippen LogP contribution in [-0.2, 0) is 26.2 Å². The number of fused-ring (bicyclic) bond motifs is 5. The first-order valence-electron chi connectivity index (χ1n) is 8.03. The molecule has 0 radical (unpaired) electrons. The molecule has 4 rings (SSSR count). The second-order valence-corrected chi connectivity index (χ2v) is 6.12. The van der Waals surface area contributed by atoms with E-state index in [2.05, 4.69) is 80.0 Å². The van der Waals surface area contributed by atoms with Crippen LogP contribution in [0.15, 0.2) is 61.7 Å². The van der Waals surface area contributed by atoms with Crippen molar-refractivity contribution < 1.29 is 9.13 Å². The zero-order valence-corrected chi connectivity index (χ0v) is 12.8. The van der Waals surface area contributed by atoms with Gasteiger partial charge >= 0.3 is 0 Å². The van der Waals surface area contributed by atoms with Gasteiger partial charge in [0.1, 0.15) is 37.9 Å². The third-order valence-electron chi connectivity index (χ3n) is 4.40. The number of aryl methyl sites for hydroxylation is 2. The van der Waals surface area contributed by atoms with Crippen molar-refractivity contribution >= 4 is 0 Å². The van der Waals surface area contributed by atoms with Crippen molar-refractivity contribution in [2.24, 2.45) is 0 Å². The molecular formula is C18H22N4+2. The Bertz CT molecular complexity index is 704. The Balaban J connectivity index is 1.71. The molecule has 2 aromatic heterocycles. The molecule has 0 aliphatic carbocycles. The van der Waals surface area contributed by atoms with E-state index in [1.54, 1.807) is 0 Å². The summed E-state index contributed by atoms with van der Waals surface area (Å²) < 4.78 is 9.15. The number of aromatic nitrogens is 4. The number of imidazole rings is 2. The molecule has 0 saturated heterocycles. The summed E-state index contributed by atoms with van der Waals surface area (Å²) in [5.41, 5.74) is 2.78. The summed E-state index contributed by atoms with van der Waals surface area (Å²) in [7, 11) is 0. The highest BCUT2D eigenvalue weighted by atomic mass is 15.1. The highest BCUT2D eigenvalue weighted by Gasteiger charge is 2.12. The number of benzene rings is 1. The molecule has 4 nitrogen and oxygen atoms in total. The minimum absolute atomic E-state index is 0.935. The fourth-order valence-corrected chi connectivity index (χ4v) is 3.18. The smallest absolute Gasteiger partial charge is 0.237 e. The van der Waals surface area contributed by atoms with Gasteiger partial charge in [0.2, 0.25) is 12.7 Å². The van der Waals surface area contributed by atoms with Crippen LogP contribution in [0.5, 0.6) is 0 Å². The molecule has 4 bridgehead atoms. The van der Waals surface area contributed by atoms with E-state index in [1.165, 1.54) is 24.0 Å². The monoisotopic (exact) mass is 294 g/mol. The number of rotatable bonds is 0. The molecule has 1 aliphatic rings. The first-order chi connectivity index (χ1) is 10.9. The topological polar surface area (TPSA) is 17.6 Å². The van der Waals surface area contributed by atoms with Gasteiger partial charge in [0.25, 0.3) is 0 Å². The molecule has 0 atom stereocenters. The number of hydrogen-bond donors (Lipinski definition) is 0. The van der Waals surface area contributed by atoms with Gasteiger partial charge in [0, 0.05) is 11.1 Å². The summed E-state index contributed by atoms with van der Waals surface area (Å²) in [6, 6.07) is 8.75. The Morgan fingerprint density at radius 2 is 1.23 bits per heavy atom. The summed E-state index contributed by atoms with van der Waals surface area (Å²) in [5.74, 6) is 0. The largest absolute Gasteiger partial charge is 0.244 e. The van der Waals surface area contributed by atoms with Crippen LogP contribution in [0.2, 0.25) is 0 Å². The van der Waals surface area contributed by atoms with Crippen molar-refractivity contribution in [2.45, 2.75) is 39.0 Å². The maximum absolute atomic E-state index is 2.30. The van der Waals surface area contributed by atoms with E-state index < -0.39 is 0 Å². The van der Waals surface area contributed by atoms with Gasteiger partial charge in [0.15, 0.2) is 0 Å². The zero-order valence-electron chi connectivity index (χ0n) is 12.8. The van der Waals surface area contributed by atoms with Crippen molar-refractivity contribution in [1.29, 1.82) is 0 Å². The van der Waals surface area contributed by atoms with Crippen molar-refractivity contribution in [3.63, 3.8) is 0 Å². The molecule has 0 unspecified atom stereocenters. The summed E-state index contributed by atoms with van der Waals surface area (Å²) in [4.78, 5) is 0. The average molecular weight is 294 g/mol. The number of hydrogen-bond acceptors (Lipinski definition) is 0. The highest BCUT2D eigenvalue weighted by Crippen LogP contribution is 2.09. The molecule has 0 N–H and O–H groups in total. The molecule has 0 saturated carbocycles. The van der Waals surface area contributed by atoms with Crippen molar-refractivity contribution in [3.8, 4) is 0 Å². The third-order valence-corrected chi connectivity index (χ3v) is 4.40. The molecule has 0 amide bonds. The lowest BCUT2D eigenvalue weighted by Crippen LogP contribution is -2.35. The first-order valence-corrected chi connectivity index (χ1v) is 8.03. The van der Waals surface area contributed by atoms with Crippen LogP contribution in [0.4, 0.5) is 0 Å². The third kappa shape index (κ3) is 2.82. The van der Waals surface area contributed by atoms with Crippen LogP contribution in [-0.4, -0.2) is 9.13 Å². The van der Waals surface area contributed by atoms with Gasteiger partial charge in [-0.05, 0) is 12.8 Å². The Labute approximate surface area is 130 Å². The van der Waals surface area contributed by atoms with Crippen LogP contribution in [0.1, 0.15) is 24.0 Å². The predicted octanol–water partition coefficient (Wildman–Crippen LogP) is 1.75. The molecule has 3 aromatic rings. The molecule has 0 spiro atoms. The molecule has 1 aliphatic heterocycles. The standard InChI is InChI=1S/C18H22N4/c1-2-6-18-14-22-12-10-20(16-22)8-4-3-7-19-9-11-21(15-19)13-17(18)5-1/h1-2,5-6,9-12,15-16H,3-4,7-8,13-14H2/q+2. The zero-order chi connectivity index (χ0) is 14.8. The van der Waals surface area contributed by atoms with E-state index in [1.807, 2.05) is 0 Å². The Hall–Kier alpha value is -2.36. The molecule has 1 aromatic carbocycles. The fraction of sp³-hybridized carbons (Fsp3) is 0.333. The number of nitrogens with zero attached hydrogens (tertiary/aromatic N) is 4. The van der Waals surface area contributed by atoms with Gasteiger partial charge in [-0.3, -0.25) is 0 Å². The van der Waals surface area contributed by atoms with E-state index in [0.29, 0.717) is 0 Å². The summed E-state index contributed by atoms with van der Waals surface area (Å²) in [5, 5.41) is 0. The van der Waals surface area contributed by atoms with Crippen LogP contribution in [0.3, 0.4) is 0 Å². The van der Waals surface area contributed by atoms with E-state index in [4.69, 9.17) is 0 Å². The molecule has 4 heteroatoms. The minimum Gasteiger partial charge on any atom is -0.237 e. The normalized spacial score (nSPS) is 15.1. The van der Waals surface area contributed by atoms with Gasteiger partial charge in [-0.2, -0.15) is 0 Å². The van der Waals surface area contributed by atoms with Crippen LogP contribution >= 0.6 is 0 Å². The molecule has 22 heavy (non-hydrogen) atoms. The maximum Gasteiger partial charge on any atom is 0.244 e. The Morgan fingerprint density at radius 3 is 1.73 bits per heavy atom. The SMILES string of the molecule is c1ccc2c(c1)C[n+]1ccn(c1)CCCCn1cc[n+](c1)C2. The van der Waals surface area contributed by atoms with Gasteiger partial charge in [-0.15, -0.1) is 0 Å². The van der Waals surface area contributed by atoms with E-state index in [-0.39, 0.29) is 0 Å². The first kappa shape index (κ1) is 13.3. The second kappa shape index (κ2) is 5.79. The van der Waals surface area contributed by atoms with Crippen LogP contribution in [0.25, 0.3) is 0 Å². The average Bonchev–Trinajstić information content (AvgIpc) is 3.15. The molecule has 0 fully saturated rings. The van der Waals surface area contributed by atoms with Crippen LogP contribution < -0.4 is 9.13 Å². The van der Waals surface area contributed by atoms with Gasteiger partial charge in [-0.25, -0.2) is 18.3 Å². The van der Waals surface area contributed by atoms with Crippen molar-refractivity contribution in [2.75, 3.05) is 0 Å². The summed E-state index contributed by atoms with van der Waals surface area (Å²) in [6.45, 7) is 4.06. The quantitative estimate of drug-likeness (QED) is 0.562. The summed E-state index contributed by atoms with van der Waals surface area (Å²) >= 11 is 0. The van der Waals surface area contributed by atoms with Crippen molar-refractivity contribution in [3.05, 3.63) is 72.8 Å². The van der Waals surface area contributed by atoms with E-state index >= 15 is 0 Å². The highest BCUT2D eigenvalue weighted by molar-refractivity contribution is 5.25. The van der Waals surface area contributed by atoms with Crippen molar-refractivity contribution in [1.82, 2.24) is 9.13 Å². The van der Waals surface area contributed by atoms with Gasteiger partial charge in [-0.1, -0.05) is 24.3 Å². The lowest BCUT2D eigenvalue weighted by Gasteiger charge is -2.06.